The smallest absolute Gasteiger partial charge is 0.251 e. The number of rotatable bonds is 3. The Kier molecular flexibility index (Phi) is 3.50. The second kappa shape index (κ2) is 5.33. The van der Waals surface area contributed by atoms with Crippen molar-refractivity contribution in [3.63, 3.8) is 0 Å². The summed E-state index contributed by atoms with van der Waals surface area (Å²) in [6, 6.07) is 8.54. The minimum atomic E-state index is -2.99. The first kappa shape index (κ1) is 13.8. The molecule has 0 radical (unpaired) electrons. The Labute approximate surface area is 122 Å². The zero-order valence-electron chi connectivity index (χ0n) is 11.3. The topological polar surface area (TPSA) is 81.1 Å². The van der Waals surface area contributed by atoms with Gasteiger partial charge in [0.2, 0.25) is 0 Å². The lowest BCUT2D eigenvalue weighted by Gasteiger charge is -2.11. The van der Waals surface area contributed by atoms with Gasteiger partial charge < -0.3 is 5.32 Å². The van der Waals surface area contributed by atoms with Gasteiger partial charge in [-0.1, -0.05) is 0 Å². The Morgan fingerprint density at radius 1 is 1.29 bits per heavy atom. The van der Waals surface area contributed by atoms with Crippen LogP contribution in [-0.2, 0) is 9.84 Å². The van der Waals surface area contributed by atoms with Gasteiger partial charge >= 0.3 is 0 Å². The Bertz CT molecular complexity index is 736. The van der Waals surface area contributed by atoms with Gasteiger partial charge in [0, 0.05) is 24.0 Å². The van der Waals surface area contributed by atoms with E-state index in [2.05, 4.69) is 10.4 Å². The van der Waals surface area contributed by atoms with E-state index in [0.29, 0.717) is 12.0 Å². The third kappa shape index (κ3) is 3.13. The van der Waals surface area contributed by atoms with Crippen LogP contribution in [0.3, 0.4) is 0 Å². The van der Waals surface area contributed by atoms with Crippen molar-refractivity contribution in [2.24, 2.45) is 0 Å². The molecular weight excluding hydrogens is 290 g/mol. The second-order valence-electron chi connectivity index (χ2n) is 5.07. The van der Waals surface area contributed by atoms with Crippen molar-refractivity contribution in [2.75, 3.05) is 11.5 Å². The van der Waals surface area contributed by atoms with Crippen molar-refractivity contribution in [2.45, 2.75) is 12.5 Å². The van der Waals surface area contributed by atoms with Crippen molar-refractivity contribution >= 4 is 15.7 Å². The highest BCUT2D eigenvalue weighted by atomic mass is 32.2. The molecule has 1 aliphatic rings. The van der Waals surface area contributed by atoms with Crippen LogP contribution in [0.5, 0.6) is 0 Å². The van der Waals surface area contributed by atoms with Gasteiger partial charge in [-0.15, -0.1) is 0 Å². The summed E-state index contributed by atoms with van der Waals surface area (Å²) in [5.74, 6) is -0.0653. The predicted molar refractivity (Wildman–Crippen MR) is 78.1 cm³/mol. The molecule has 2 heterocycles. The van der Waals surface area contributed by atoms with E-state index in [9.17, 15) is 13.2 Å². The van der Waals surface area contributed by atoms with E-state index >= 15 is 0 Å². The largest absolute Gasteiger partial charge is 0.348 e. The first-order valence-electron chi connectivity index (χ1n) is 6.65. The van der Waals surface area contributed by atoms with Gasteiger partial charge in [-0.25, -0.2) is 13.1 Å². The van der Waals surface area contributed by atoms with Crippen LogP contribution in [0.15, 0.2) is 42.7 Å². The van der Waals surface area contributed by atoms with Crippen LogP contribution in [0.25, 0.3) is 5.69 Å². The van der Waals surface area contributed by atoms with Crippen LogP contribution in [0.2, 0.25) is 0 Å². The van der Waals surface area contributed by atoms with Crippen LogP contribution < -0.4 is 5.32 Å². The third-order valence-electron chi connectivity index (χ3n) is 3.47. The molecule has 1 atom stereocenters. The number of benzene rings is 1. The van der Waals surface area contributed by atoms with Crippen molar-refractivity contribution in [1.29, 1.82) is 0 Å². The summed E-state index contributed by atoms with van der Waals surface area (Å²) in [6.07, 6.45) is 3.99. The van der Waals surface area contributed by atoms with Gasteiger partial charge in [0.25, 0.3) is 5.91 Å². The normalized spacial score (nSPS) is 20.3. The van der Waals surface area contributed by atoms with Gasteiger partial charge in [-0.2, -0.15) is 5.10 Å². The zero-order chi connectivity index (χ0) is 14.9. The van der Waals surface area contributed by atoms with Crippen LogP contribution in [0.1, 0.15) is 16.8 Å². The lowest BCUT2D eigenvalue weighted by atomic mass is 10.1. The molecule has 1 amide bonds. The summed E-state index contributed by atoms with van der Waals surface area (Å²) in [6.45, 7) is 0. The molecule has 1 saturated heterocycles. The number of hydrogen-bond donors (Lipinski definition) is 1. The number of hydrogen-bond acceptors (Lipinski definition) is 4. The fourth-order valence-corrected chi connectivity index (χ4v) is 4.04. The molecule has 1 N–H and O–H groups in total. The molecule has 0 saturated carbocycles. The minimum absolute atomic E-state index is 0.0319. The lowest BCUT2D eigenvalue weighted by molar-refractivity contribution is 0.0941. The van der Waals surface area contributed by atoms with E-state index in [1.807, 2.05) is 12.3 Å². The maximum Gasteiger partial charge on any atom is 0.251 e. The van der Waals surface area contributed by atoms with Crippen molar-refractivity contribution < 1.29 is 13.2 Å². The summed E-state index contributed by atoms with van der Waals surface area (Å²) in [4.78, 5) is 12.1. The second-order valence-corrected chi connectivity index (χ2v) is 7.30. The Morgan fingerprint density at radius 2 is 2.05 bits per heavy atom. The SMILES string of the molecule is O=C(N[C@H]1CCS(=O)(=O)C1)c1ccc(-n2cccn2)cc1. The number of aromatic nitrogens is 2. The first-order chi connectivity index (χ1) is 10.0. The van der Waals surface area contributed by atoms with E-state index in [4.69, 9.17) is 0 Å². The molecule has 7 heteroatoms. The minimum Gasteiger partial charge on any atom is -0.348 e. The molecule has 2 aromatic rings. The average molecular weight is 305 g/mol. The molecule has 0 spiro atoms. The first-order valence-corrected chi connectivity index (χ1v) is 8.47. The van der Waals surface area contributed by atoms with E-state index in [1.165, 1.54) is 0 Å². The maximum atomic E-state index is 12.1. The quantitative estimate of drug-likeness (QED) is 0.909. The monoisotopic (exact) mass is 305 g/mol. The van der Waals surface area contributed by atoms with Crippen molar-refractivity contribution in [3.05, 3.63) is 48.3 Å². The Balaban J connectivity index is 1.68. The van der Waals surface area contributed by atoms with Crippen LogP contribution >= 0.6 is 0 Å². The van der Waals surface area contributed by atoms with E-state index < -0.39 is 9.84 Å². The summed E-state index contributed by atoms with van der Waals surface area (Å²) in [5.41, 5.74) is 1.37. The van der Waals surface area contributed by atoms with Crippen LogP contribution in [0.4, 0.5) is 0 Å². The van der Waals surface area contributed by atoms with Gasteiger partial charge in [-0.05, 0) is 36.8 Å². The molecule has 0 bridgehead atoms. The molecule has 21 heavy (non-hydrogen) atoms. The van der Waals surface area contributed by atoms with Crippen molar-refractivity contribution in [1.82, 2.24) is 15.1 Å². The van der Waals surface area contributed by atoms with Crippen molar-refractivity contribution in [3.8, 4) is 5.69 Å². The number of nitrogens with one attached hydrogen (secondary N) is 1. The van der Waals surface area contributed by atoms with E-state index in [0.717, 1.165) is 5.69 Å². The lowest BCUT2D eigenvalue weighted by Crippen LogP contribution is -2.35. The molecule has 110 valence electrons. The number of carbonyl (C=O) groups is 1. The molecule has 1 fully saturated rings. The highest BCUT2D eigenvalue weighted by Crippen LogP contribution is 2.13. The molecule has 1 aromatic heterocycles. The molecule has 0 aliphatic carbocycles. The molecule has 0 unspecified atom stereocenters. The summed E-state index contributed by atoms with van der Waals surface area (Å²) >= 11 is 0. The molecular formula is C14H15N3O3S. The van der Waals surface area contributed by atoms with Gasteiger partial charge in [0.05, 0.1) is 17.2 Å². The van der Waals surface area contributed by atoms with Gasteiger partial charge in [0.15, 0.2) is 9.84 Å². The zero-order valence-corrected chi connectivity index (χ0v) is 12.1. The highest BCUT2D eigenvalue weighted by Gasteiger charge is 2.29. The highest BCUT2D eigenvalue weighted by molar-refractivity contribution is 7.91. The van der Waals surface area contributed by atoms with E-state index in [1.54, 1.807) is 35.1 Å². The fourth-order valence-electron chi connectivity index (χ4n) is 2.36. The van der Waals surface area contributed by atoms with Crippen LogP contribution in [-0.4, -0.2) is 41.7 Å². The molecule has 1 aromatic carbocycles. The Hall–Kier alpha value is -2.15. The number of sulfone groups is 1. The molecule has 3 rings (SSSR count). The standard InChI is InChI=1S/C14H15N3O3S/c18-14(16-12-6-9-21(19,20)10-12)11-2-4-13(5-3-11)17-8-1-7-15-17/h1-5,7-8,12H,6,9-10H2,(H,16,18)/t12-/m0/s1. The fraction of sp³-hybridized carbons (Fsp3) is 0.286. The number of amides is 1. The molecule has 6 nitrogen and oxygen atoms in total. The summed E-state index contributed by atoms with van der Waals surface area (Å²) in [5, 5.41) is 6.87. The van der Waals surface area contributed by atoms with Gasteiger partial charge in [-0.3, -0.25) is 4.79 Å². The number of nitrogens with zero attached hydrogens (tertiary/aromatic N) is 2. The predicted octanol–water partition coefficient (Wildman–Crippen LogP) is 0.789. The molecule has 1 aliphatic heterocycles. The van der Waals surface area contributed by atoms with E-state index in [-0.39, 0.29) is 23.5 Å². The summed E-state index contributed by atoms with van der Waals surface area (Å²) in [7, 11) is -2.99. The maximum absolute atomic E-state index is 12.1. The number of carbonyl (C=O) groups excluding carboxylic acids is 1. The Morgan fingerprint density at radius 3 is 2.62 bits per heavy atom. The van der Waals surface area contributed by atoms with Gasteiger partial charge in [0.1, 0.15) is 0 Å². The summed E-state index contributed by atoms with van der Waals surface area (Å²) < 4.78 is 24.4. The third-order valence-corrected chi connectivity index (χ3v) is 5.23. The van der Waals surface area contributed by atoms with Crippen LogP contribution in [0, 0.1) is 0 Å². The average Bonchev–Trinajstić information content (AvgIpc) is 3.09.